The Labute approximate surface area is 90.1 Å². The molecule has 1 aromatic rings. The Morgan fingerprint density at radius 2 is 2.20 bits per heavy atom. The molecule has 1 N–H and O–H groups in total. The minimum absolute atomic E-state index is 0.217. The van der Waals surface area contributed by atoms with Gasteiger partial charge in [0.05, 0.1) is 11.4 Å². The predicted molar refractivity (Wildman–Crippen MR) is 62.2 cm³/mol. The fraction of sp³-hybridized carbons (Fsp3) is 0.417. The van der Waals surface area contributed by atoms with Gasteiger partial charge in [-0.25, -0.2) is 0 Å². The second-order valence-electron chi connectivity index (χ2n) is 3.74. The van der Waals surface area contributed by atoms with E-state index in [1.165, 1.54) is 0 Å². The zero-order valence-corrected chi connectivity index (χ0v) is 8.99. The number of amides is 1. The third-order valence-electron chi connectivity index (χ3n) is 2.60. The Kier molecular flexibility index (Phi) is 2.90. The first-order valence-corrected chi connectivity index (χ1v) is 5.46. The Bertz CT molecular complexity index is 362. The minimum Gasteiger partial charge on any atom is -0.383 e. The van der Waals surface area contributed by atoms with Crippen molar-refractivity contribution in [3.63, 3.8) is 0 Å². The van der Waals surface area contributed by atoms with Gasteiger partial charge in [-0.1, -0.05) is 19.1 Å². The smallest absolute Gasteiger partial charge is 0.228 e. The summed E-state index contributed by atoms with van der Waals surface area (Å²) in [6, 6.07) is 7.99. The molecular formula is C12H16N2O. The van der Waals surface area contributed by atoms with E-state index in [1.54, 1.807) is 0 Å². The van der Waals surface area contributed by atoms with Gasteiger partial charge in [0.2, 0.25) is 5.91 Å². The second-order valence-corrected chi connectivity index (χ2v) is 3.74. The predicted octanol–water partition coefficient (Wildman–Crippen LogP) is 2.25. The fourth-order valence-corrected chi connectivity index (χ4v) is 1.90. The van der Waals surface area contributed by atoms with E-state index in [9.17, 15) is 4.79 Å². The van der Waals surface area contributed by atoms with Crippen LogP contribution in [0.15, 0.2) is 24.3 Å². The van der Waals surface area contributed by atoms with Crippen LogP contribution in [0.25, 0.3) is 0 Å². The summed E-state index contributed by atoms with van der Waals surface area (Å²) in [6.07, 6.45) is 1.56. The molecule has 80 valence electrons. The van der Waals surface area contributed by atoms with Gasteiger partial charge >= 0.3 is 0 Å². The standard InChI is InChI=1S/C12H16N2O/c1-2-9-14-11-6-4-3-5-10(11)13-8-7-12(14)15/h3-6,13H,2,7-9H2,1H3. The largest absolute Gasteiger partial charge is 0.383 e. The zero-order chi connectivity index (χ0) is 10.7. The summed E-state index contributed by atoms with van der Waals surface area (Å²) < 4.78 is 0. The van der Waals surface area contributed by atoms with Gasteiger partial charge in [-0.05, 0) is 18.6 Å². The van der Waals surface area contributed by atoms with Gasteiger partial charge in [-0.2, -0.15) is 0 Å². The van der Waals surface area contributed by atoms with Gasteiger partial charge in [0.1, 0.15) is 0 Å². The van der Waals surface area contributed by atoms with Crippen molar-refractivity contribution in [2.75, 3.05) is 23.3 Å². The van der Waals surface area contributed by atoms with Crippen LogP contribution in [0.4, 0.5) is 11.4 Å². The highest BCUT2D eigenvalue weighted by atomic mass is 16.2. The van der Waals surface area contributed by atoms with E-state index in [0.717, 1.165) is 30.9 Å². The van der Waals surface area contributed by atoms with Crippen LogP contribution in [-0.2, 0) is 4.79 Å². The highest BCUT2D eigenvalue weighted by Crippen LogP contribution is 2.28. The monoisotopic (exact) mass is 204 g/mol. The molecule has 3 heteroatoms. The molecule has 1 aromatic carbocycles. The zero-order valence-electron chi connectivity index (χ0n) is 8.99. The molecular weight excluding hydrogens is 188 g/mol. The summed E-state index contributed by atoms with van der Waals surface area (Å²) in [6.45, 7) is 3.63. The summed E-state index contributed by atoms with van der Waals surface area (Å²) in [5, 5.41) is 3.28. The third-order valence-corrected chi connectivity index (χ3v) is 2.60. The molecule has 0 unspecified atom stereocenters. The Morgan fingerprint density at radius 1 is 1.40 bits per heavy atom. The van der Waals surface area contributed by atoms with Crippen molar-refractivity contribution in [3.05, 3.63) is 24.3 Å². The molecule has 1 aliphatic rings. The topological polar surface area (TPSA) is 32.3 Å². The average Bonchev–Trinajstić information content (AvgIpc) is 2.40. The lowest BCUT2D eigenvalue weighted by atomic mass is 10.2. The number of carbonyl (C=O) groups is 1. The molecule has 0 radical (unpaired) electrons. The number of nitrogens with one attached hydrogen (secondary N) is 1. The third kappa shape index (κ3) is 1.96. The molecule has 0 fully saturated rings. The molecule has 0 aromatic heterocycles. The number of hydrogen-bond donors (Lipinski definition) is 1. The Hall–Kier alpha value is -1.51. The van der Waals surface area contributed by atoms with Crippen LogP contribution in [0.1, 0.15) is 19.8 Å². The first kappa shape index (κ1) is 10.0. The van der Waals surface area contributed by atoms with Crippen molar-refractivity contribution in [1.82, 2.24) is 0 Å². The molecule has 1 aliphatic heterocycles. The summed E-state index contributed by atoms with van der Waals surface area (Å²) in [5.74, 6) is 0.217. The van der Waals surface area contributed by atoms with E-state index >= 15 is 0 Å². The van der Waals surface area contributed by atoms with E-state index in [2.05, 4.69) is 12.2 Å². The SMILES string of the molecule is CCCN1C(=O)CCNc2ccccc21. The maximum atomic E-state index is 11.9. The molecule has 0 saturated heterocycles. The highest BCUT2D eigenvalue weighted by molar-refractivity contribution is 5.98. The van der Waals surface area contributed by atoms with Gasteiger partial charge in [0.25, 0.3) is 0 Å². The van der Waals surface area contributed by atoms with Crippen molar-refractivity contribution >= 4 is 17.3 Å². The van der Waals surface area contributed by atoms with E-state index in [4.69, 9.17) is 0 Å². The maximum absolute atomic E-state index is 11.9. The van der Waals surface area contributed by atoms with Gasteiger partial charge in [0.15, 0.2) is 0 Å². The summed E-state index contributed by atoms with van der Waals surface area (Å²) in [4.78, 5) is 13.7. The average molecular weight is 204 g/mol. The van der Waals surface area contributed by atoms with E-state index in [1.807, 2.05) is 29.2 Å². The number of fused-ring (bicyclic) bond motifs is 1. The molecule has 0 spiro atoms. The number of anilines is 2. The number of rotatable bonds is 2. The molecule has 1 amide bonds. The van der Waals surface area contributed by atoms with Crippen LogP contribution in [0, 0.1) is 0 Å². The first-order valence-electron chi connectivity index (χ1n) is 5.46. The molecule has 15 heavy (non-hydrogen) atoms. The van der Waals surface area contributed by atoms with E-state index in [0.29, 0.717) is 6.42 Å². The highest BCUT2D eigenvalue weighted by Gasteiger charge is 2.20. The van der Waals surface area contributed by atoms with Crippen molar-refractivity contribution in [1.29, 1.82) is 0 Å². The fourth-order valence-electron chi connectivity index (χ4n) is 1.90. The van der Waals surface area contributed by atoms with Crippen LogP contribution >= 0.6 is 0 Å². The Balaban J connectivity index is 2.38. The molecule has 0 saturated carbocycles. The second kappa shape index (κ2) is 4.34. The van der Waals surface area contributed by atoms with Crippen LogP contribution < -0.4 is 10.2 Å². The number of hydrogen-bond acceptors (Lipinski definition) is 2. The van der Waals surface area contributed by atoms with Gasteiger partial charge in [0, 0.05) is 19.5 Å². The van der Waals surface area contributed by atoms with Crippen LogP contribution in [0.2, 0.25) is 0 Å². The lowest BCUT2D eigenvalue weighted by molar-refractivity contribution is -0.118. The quantitative estimate of drug-likeness (QED) is 0.801. The lowest BCUT2D eigenvalue weighted by Crippen LogP contribution is -2.30. The van der Waals surface area contributed by atoms with Gasteiger partial charge in [-0.3, -0.25) is 4.79 Å². The normalized spacial score (nSPS) is 15.5. The molecule has 3 nitrogen and oxygen atoms in total. The summed E-state index contributed by atoms with van der Waals surface area (Å²) >= 11 is 0. The van der Waals surface area contributed by atoms with Crippen molar-refractivity contribution in [2.24, 2.45) is 0 Å². The molecule has 0 aliphatic carbocycles. The number of nitrogens with zero attached hydrogens (tertiary/aromatic N) is 1. The lowest BCUT2D eigenvalue weighted by Gasteiger charge is -2.21. The van der Waals surface area contributed by atoms with E-state index in [-0.39, 0.29) is 5.91 Å². The molecule has 2 rings (SSSR count). The molecule has 1 heterocycles. The number of carbonyl (C=O) groups excluding carboxylic acids is 1. The molecule has 0 atom stereocenters. The first-order chi connectivity index (χ1) is 7.33. The summed E-state index contributed by atoms with van der Waals surface area (Å²) in [7, 11) is 0. The molecule has 0 bridgehead atoms. The van der Waals surface area contributed by atoms with Crippen molar-refractivity contribution in [2.45, 2.75) is 19.8 Å². The summed E-state index contributed by atoms with van der Waals surface area (Å²) in [5.41, 5.74) is 2.08. The van der Waals surface area contributed by atoms with Crippen LogP contribution in [-0.4, -0.2) is 19.0 Å². The van der Waals surface area contributed by atoms with E-state index < -0.39 is 0 Å². The van der Waals surface area contributed by atoms with Crippen molar-refractivity contribution < 1.29 is 4.79 Å². The maximum Gasteiger partial charge on any atom is 0.228 e. The van der Waals surface area contributed by atoms with Crippen LogP contribution in [0.5, 0.6) is 0 Å². The van der Waals surface area contributed by atoms with Crippen LogP contribution in [0.3, 0.4) is 0 Å². The van der Waals surface area contributed by atoms with Crippen molar-refractivity contribution in [3.8, 4) is 0 Å². The number of benzene rings is 1. The minimum atomic E-state index is 0.217. The van der Waals surface area contributed by atoms with Gasteiger partial charge < -0.3 is 10.2 Å². The Morgan fingerprint density at radius 3 is 3.00 bits per heavy atom. The number of para-hydroxylation sites is 2. The van der Waals surface area contributed by atoms with Gasteiger partial charge in [-0.15, -0.1) is 0 Å².